The van der Waals surface area contributed by atoms with Crippen molar-refractivity contribution in [3.05, 3.63) is 0 Å². The Balaban J connectivity index is 1.69. The maximum Gasteiger partial charge on any atom is 0.306 e. The second-order valence-electron chi connectivity index (χ2n) is 5.28. The molecule has 2 N–H and O–H groups in total. The summed E-state index contributed by atoms with van der Waals surface area (Å²) in [7, 11) is 0. The molecule has 21 heavy (non-hydrogen) atoms. The van der Waals surface area contributed by atoms with E-state index < -0.39 is 5.97 Å². The van der Waals surface area contributed by atoms with Crippen LogP contribution in [0.25, 0.3) is 0 Å². The fourth-order valence-corrected chi connectivity index (χ4v) is 3.39. The van der Waals surface area contributed by atoms with E-state index in [1.165, 1.54) is 0 Å². The summed E-state index contributed by atoms with van der Waals surface area (Å²) in [5.74, 6) is -1.47. The van der Waals surface area contributed by atoms with Crippen molar-refractivity contribution < 1.29 is 24.3 Å². The monoisotopic (exact) mass is 314 g/mol. The molecule has 1 saturated carbocycles. The first-order valence-corrected chi connectivity index (χ1v) is 7.95. The lowest BCUT2D eigenvalue weighted by atomic mass is 9.81. The number of nitrogens with one attached hydrogen (secondary N) is 1. The van der Waals surface area contributed by atoms with Crippen LogP contribution in [0.4, 0.5) is 4.79 Å². The van der Waals surface area contributed by atoms with Gasteiger partial charge in [0.1, 0.15) is 0 Å². The molecule has 7 nitrogen and oxygen atoms in total. The standard InChI is InChI=1S/C13H18N2O5S/c16-10-7-21-13(20)15(10)6-5-14-11(17)8-1-3-9(4-2-8)12(18)19/h8-9H,1-7H2,(H,14,17)(H,18,19)/t8-,9+. The molecule has 8 heteroatoms. The summed E-state index contributed by atoms with van der Waals surface area (Å²) in [4.78, 5) is 46.7. The largest absolute Gasteiger partial charge is 0.481 e. The van der Waals surface area contributed by atoms with Gasteiger partial charge in [-0.25, -0.2) is 0 Å². The zero-order valence-corrected chi connectivity index (χ0v) is 12.4. The number of carboxylic acid groups (broad SMARTS) is 1. The van der Waals surface area contributed by atoms with Crippen LogP contribution in [0.1, 0.15) is 25.7 Å². The van der Waals surface area contributed by atoms with E-state index in [0.717, 1.165) is 16.7 Å². The van der Waals surface area contributed by atoms with Crippen LogP contribution in [-0.2, 0) is 14.4 Å². The number of carboxylic acids is 1. The van der Waals surface area contributed by atoms with E-state index in [2.05, 4.69) is 5.32 Å². The highest BCUT2D eigenvalue weighted by molar-refractivity contribution is 8.14. The minimum Gasteiger partial charge on any atom is -0.481 e. The third kappa shape index (κ3) is 3.96. The third-order valence-corrected chi connectivity index (χ3v) is 4.78. The van der Waals surface area contributed by atoms with Gasteiger partial charge >= 0.3 is 5.97 Å². The normalized spacial score (nSPS) is 26.0. The van der Waals surface area contributed by atoms with Gasteiger partial charge in [-0.1, -0.05) is 11.8 Å². The molecular formula is C13H18N2O5S. The molecule has 0 spiro atoms. The number of rotatable bonds is 5. The predicted octanol–water partition coefficient (Wildman–Crippen LogP) is 0.689. The number of hydrogen-bond donors (Lipinski definition) is 2. The molecule has 116 valence electrons. The number of thioether (sulfide) groups is 1. The van der Waals surface area contributed by atoms with E-state index in [-0.39, 0.29) is 47.7 Å². The summed E-state index contributed by atoms with van der Waals surface area (Å²) in [6.07, 6.45) is 2.18. The second kappa shape index (κ2) is 6.93. The lowest BCUT2D eigenvalue weighted by Gasteiger charge is -2.25. The molecule has 1 saturated heterocycles. The second-order valence-corrected chi connectivity index (χ2v) is 6.20. The molecule has 0 aromatic rings. The number of carbonyl (C=O) groups is 4. The maximum absolute atomic E-state index is 12.0. The molecule has 2 rings (SSSR count). The van der Waals surface area contributed by atoms with Crippen molar-refractivity contribution in [3.8, 4) is 0 Å². The van der Waals surface area contributed by atoms with Crippen molar-refractivity contribution in [3.63, 3.8) is 0 Å². The summed E-state index contributed by atoms with van der Waals surface area (Å²) < 4.78 is 0. The molecule has 0 unspecified atom stereocenters. The van der Waals surface area contributed by atoms with E-state index in [1.807, 2.05) is 0 Å². The Hall–Kier alpha value is -1.57. The zero-order valence-electron chi connectivity index (χ0n) is 11.5. The summed E-state index contributed by atoms with van der Waals surface area (Å²) in [5, 5.41) is 11.4. The molecular weight excluding hydrogens is 296 g/mol. The van der Waals surface area contributed by atoms with Crippen molar-refractivity contribution in [1.29, 1.82) is 0 Å². The van der Waals surface area contributed by atoms with Gasteiger partial charge in [-0.3, -0.25) is 24.1 Å². The number of carbonyl (C=O) groups excluding carboxylic acids is 3. The Morgan fingerprint density at radius 2 is 1.81 bits per heavy atom. The van der Waals surface area contributed by atoms with Crippen molar-refractivity contribution in [2.45, 2.75) is 25.7 Å². The van der Waals surface area contributed by atoms with Crippen LogP contribution in [0.5, 0.6) is 0 Å². The van der Waals surface area contributed by atoms with Gasteiger partial charge in [0.2, 0.25) is 11.8 Å². The van der Waals surface area contributed by atoms with Crippen LogP contribution < -0.4 is 5.32 Å². The predicted molar refractivity (Wildman–Crippen MR) is 75.7 cm³/mol. The average molecular weight is 314 g/mol. The fourth-order valence-electron chi connectivity index (χ4n) is 2.63. The van der Waals surface area contributed by atoms with Gasteiger partial charge < -0.3 is 10.4 Å². The number of nitrogens with zero attached hydrogens (tertiary/aromatic N) is 1. The molecule has 0 aromatic carbocycles. The van der Waals surface area contributed by atoms with Gasteiger partial charge in [0.15, 0.2) is 0 Å². The van der Waals surface area contributed by atoms with Crippen molar-refractivity contribution >= 4 is 34.8 Å². The first-order valence-electron chi connectivity index (χ1n) is 6.96. The Morgan fingerprint density at radius 1 is 1.19 bits per heavy atom. The van der Waals surface area contributed by atoms with E-state index >= 15 is 0 Å². The minimum atomic E-state index is -0.794. The Bertz CT molecular complexity index is 443. The topological polar surface area (TPSA) is 104 Å². The highest BCUT2D eigenvalue weighted by atomic mass is 32.2. The van der Waals surface area contributed by atoms with E-state index in [0.29, 0.717) is 25.7 Å². The molecule has 1 heterocycles. The van der Waals surface area contributed by atoms with Crippen LogP contribution in [0.15, 0.2) is 0 Å². The van der Waals surface area contributed by atoms with Crippen LogP contribution >= 0.6 is 11.8 Å². The van der Waals surface area contributed by atoms with Gasteiger partial charge in [-0.05, 0) is 25.7 Å². The molecule has 0 bridgehead atoms. The van der Waals surface area contributed by atoms with Gasteiger partial charge in [0.05, 0.1) is 11.7 Å². The van der Waals surface area contributed by atoms with E-state index in [1.54, 1.807) is 0 Å². The molecule has 3 amide bonds. The number of aliphatic carboxylic acids is 1. The van der Waals surface area contributed by atoms with Gasteiger partial charge in [0, 0.05) is 19.0 Å². The minimum absolute atomic E-state index is 0.120. The molecule has 0 radical (unpaired) electrons. The Morgan fingerprint density at radius 3 is 2.33 bits per heavy atom. The number of imide groups is 1. The smallest absolute Gasteiger partial charge is 0.306 e. The average Bonchev–Trinajstić information content (AvgIpc) is 2.79. The van der Waals surface area contributed by atoms with E-state index in [4.69, 9.17) is 5.11 Å². The third-order valence-electron chi connectivity index (χ3n) is 3.92. The summed E-state index contributed by atoms with van der Waals surface area (Å²) in [6.45, 7) is 0.441. The quantitative estimate of drug-likeness (QED) is 0.774. The van der Waals surface area contributed by atoms with Crippen LogP contribution in [0.3, 0.4) is 0 Å². The number of hydrogen-bond acceptors (Lipinski definition) is 5. The molecule has 1 aliphatic heterocycles. The molecule has 0 aromatic heterocycles. The maximum atomic E-state index is 12.0. The number of amides is 3. The zero-order chi connectivity index (χ0) is 15.4. The molecule has 0 atom stereocenters. The summed E-state index contributed by atoms with van der Waals surface area (Å²) in [5.41, 5.74) is 0. The lowest BCUT2D eigenvalue weighted by Crippen LogP contribution is -2.40. The first-order chi connectivity index (χ1) is 9.99. The summed E-state index contributed by atoms with van der Waals surface area (Å²) >= 11 is 0.972. The van der Waals surface area contributed by atoms with Gasteiger partial charge in [-0.2, -0.15) is 0 Å². The lowest BCUT2D eigenvalue weighted by molar-refractivity contribution is -0.144. The summed E-state index contributed by atoms with van der Waals surface area (Å²) in [6, 6.07) is 0. The SMILES string of the molecule is O=C1CSC(=O)N1CCNC(=O)[C@H]1CC[C@@H](C(=O)O)CC1. The van der Waals surface area contributed by atoms with Gasteiger partial charge in [-0.15, -0.1) is 0 Å². The highest BCUT2D eigenvalue weighted by Gasteiger charge is 2.31. The van der Waals surface area contributed by atoms with Crippen LogP contribution in [-0.4, -0.2) is 51.9 Å². The fraction of sp³-hybridized carbons (Fsp3) is 0.692. The molecule has 2 aliphatic rings. The van der Waals surface area contributed by atoms with Crippen molar-refractivity contribution in [2.24, 2.45) is 11.8 Å². The van der Waals surface area contributed by atoms with Gasteiger partial charge in [0.25, 0.3) is 5.24 Å². The van der Waals surface area contributed by atoms with Crippen LogP contribution in [0.2, 0.25) is 0 Å². The van der Waals surface area contributed by atoms with Crippen LogP contribution in [0, 0.1) is 11.8 Å². The Labute approximate surface area is 126 Å². The van der Waals surface area contributed by atoms with Crippen molar-refractivity contribution in [2.75, 3.05) is 18.8 Å². The first kappa shape index (κ1) is 15.8. The highest BCUT2D eigenvalue weighted by Crippen LogP contribution is 2.29. The van der Waals surface area contributed by atoms with E-state index in [9.17, 15) is 19.2 Å². The Kier molecular flexibility index (Phi) is 5.22. The van der Waals surface area contributed by atoms with Crippen molar-refractivity contribution in [1.82, 2.24) is 10.2 Å². The molecule has 2 fully saturated rings. The molecule has 1 aliphatic carbocycles.